The molecule has 5 nitrogen and oxygen atoms in total. The minimum absolute atomic E-state index is 0.106. The molecule has 2 N–H and O–H groups in total. The Morgan fingerprint density at radius 3 is 2.71 bits per heavy atom. The van der Waals surface area contributed by atoms with Gasteiger partial charge >= 0.3 is 0 Å². The third-order valence-corrected chi connectivity index (χ3v) is 7.32. The minimum atomic E-state index is -2.97. The summed E-state index contributed by atoms with van der Waals surface area (Å²) in [7, 11) is -2.97. The van der Waals surface area contributed by atoms with E-state index in [1.54, 1.807) is 4.68 Å². The molecule has 8 heteroatoms. The molecule has 0 saturated carbocycles. The van der Waals surface area contributed by atoms with Gasteiger partial charge in [-0.05, 0) is 31.2 Å². The van der Waals surface area contributed by atoms with E-state index in [1.165, 1.54) is 11.3 Å². The topological polar surface area (TPSA) is 78.0 Å². The maximum atomic E-state index is 11.6. The van der Waals surface area contributed by atoms with Crippen LogP contribution in [0.1, 0.15) is 23.6 Å². The van der Waals surface area contributed by atoms with Crippen molar-refractivity contribution in [3.05, 3.63) is 21.5 Å². The molecule has 0 spiro atoms. The summed E-state index contributed by atoms with van der Waals surface area (Å²) in [4.78, 5) is 0.887. The van der Waals surface area contributed by atoms with Gasteiger partial charge in [0.15, 0.2) is 9.84 Å². The Hall–Kier alpha value is -1.05. The molecule has 0 aromatic carbocycles. The van der Waals surface area contributed by atoms with E-state index in [0.29, 0.717) is 17.3 Å². The van der Waals surface area contributed by atoms with Crippen LogP contribution in [0.25, 0.3) is 10.6 Å². The summed E-state index contributed by atoms with van der Waals surface area (Å²) < 4.78 is 24.9. The highest BCUT2D eigenvalue weighted by molar-refractivity contribution is 7.91. The molecule has 1 unspecified atom stereocenters. The fourth-order valence-electron chi connectivity index (χ4n) is 2.58. The molecule has 3 rings (SSSR count). The van der Waals surface area contributed by atoms with Crippen LogP contribution in [0.5, 0.6) is 0 Å². The molecule has 0 amide bonds. The molecule has 1 aliphatic heterocycles. The first-order chi connectivity index (χ1) is 9.80. The Labute approximate surface area is 132 Å². The van der Waals surface area contributed by atoms with Crippen molar-refractivity contribution >= 4 is 38.6 Å². The van der Waals surface area contributed by atoms with Gasteiger partial charge in [-0.25, -0.2) is 13.1 Å². The molecule has 3 heterocycles. The third-order valence-electron chi connectivity index (χ3n) is 3.86. The molecule has 0 bridgehead atoms. The van der Waals surface area contributed by atoms with Crippen LogP contribution in [0.3, 0.4) is 0 Å². The number of rotatable bonds is 2. The van der Waals surface area contributed by atoms with E-state index in [2.05, 4.69) is 5.10 Å². The average Bonchev–Trinajstić information content (AvgIpc) is 3.02. The van der Waals surface area contributed by atoms with E-state index >= 15 is 0 Å². The highest BCUT2D eigenvalue weighted by atomic mass is 35.5. The van der Waals surface area contributed by atoms with Gasteiger partial charge in [-0.15, -0.1) is 11.3 Å². The van der Waals surface area contributed by atoms with Gasteiger partial charge in [0.25, 0.3) is 0 Å². The first kappa shape index (κ1) is 14.9. The fraction of sp³-hybridized carbons (Fsp3) is 0.462. The number of thiophene rings is 1. The number of anilines is 1. The van der Waals surface area contributed by atoms with Crippen LogP contribution in [0.2, 0.25) is 5.02 Å². The van der Waals surface area contributed by atoms with Crippen molar-refractivity contribution < 1.29 is 8.42 Å². The van der Waals surface area contributed by atoms with Crippen LogP contribution in [0.15, 0.2) is 5.38 Å². The monoisotopic (exact) mass is 345 g/mol. The summed E-state index contributed by atoms with van der Waals surface area (Å²) in [6, 6.07) is -0.178. The zero-order chi connectivity index (χ0) is 15.4. The number of nitrogen functional groups attached to an aromatic ring is 1. The smallest absolute Gasteiger partial charge is 0.152 e. The van der Waals surface area contributed by atoms with Crippen LogP contribution < -0.4 is 5.73 Å². The maximum Gasteiger partial charge on any atom is 0.152 e. The number of aromatic nitrogens is 2. The molecule has 1 fully saturated rings. The molecule has 0 aliphatic carbocycles. The van der Waals surface area contributed by atoms with Gasteiger partial charge < -0.3 is 5.73 Å². The standard InChI is InChI=1S/C13H16ClN3O2S2/c1-7-5-20-12(10(7)14)11-8(2)13(15)17(16-11)9-3-4-21(18,19)6-9/h5,9H,3-4,6,15H2,1-2H3. The fourth-order valence-corrected chi connectivity index (χ4v) is 5.60. The summed E-state index contributed by atoms with van der Waals surface area (Å²) >= 11 is 7.83. The average molecular weight is 346 g/mol. The van der Waals surface area contributed by atoms with Gasteiger partial charge in [-0.2, -0.15) is 5.10 Å². The van der Waals surface area contributed by atoms with Gasteiger partial charge in [0, 0.05) is 5.56 Å². The Kier molecular flexibility index (Phi) is 3.54. The zero-order valence-electron chi connectivity index (χ0n) is 11.8. The van der Waals surface area contributed by atoms with Crippen molar-refractivity contribution in [2.75, 3.05) is 17.2 Å². The van der Waals surface area contributed by atoms with E-state index in [4.69, 9.17) is 17.3 Å². The third kappa shape index (κ3) is 2.47. The second-order valence-electron chi connectivity index (χ2n) is 5.42. The van der Waals surface area contributed by atoms with Crippen LogP contribution in [0, 0.1) is 13.8 Å². The predicted octanol–water partition coefficient (Wildman–Crippen LogP) is 2.82. The quantitative estimate of drug-likeness (QED) is 0.907. The van der Waals surface area contributed by atoms with Crippen molar-refractivity contribution in [3.8, 4) is 10.6 Å². The molecule has 1 aliphatic rings. The van der Waals surface area contributed by atoms with E-state index in [9.17, 15) is 8.42 Å². The van der Waals surface area contributed by atoms with Gasteiger partial charge in [-0.3, -0.25) is 0 Å². The Bertz CT molecular complexity index is 808. The largest absolute Gasteiger partial charge is 0.384 e. The second kappa shape index (κ2) is 5.00. The molecule has 2 aromatic rings. The molecule has 114 valence electrons. The van der Waals surface area contributed by atoms with Crippen molar-refractivity contribution in [2.24, 2.45) is 0 Å². The van der Waals surface area contributed by atoms with E-state index in [1.807, 2.05) is 19.2 Å². The van der Waals surface area contributed by atoms with E-state index < -0.39 is 9.84 Å². The lowest BCUT2D eigenvalue weighted by Gasteiger charge is -2.10. The summed E-state index contributed by atoms with van der Waals surface area (Å²) in [5.41, 5.74) is 8.74. The SMILES string of the molecule is Cc1csc(-c2nn(C3CCS(=O)(=O)C3)c(N)c2C)c1Cl. The number of sulfone groups is 1. The minimum Gasteiger partial charge on any atom is -0.384 e. The van der Waals surface area contributed by atoms with Crippen LogP contribution in [0.4, 0.5) is 5.82 Å². The Balaban J connectivity index is 2.06. The summed E-state index contributed by atoms with van der Waals surface area (Å²) in [5.74, 6) is 0.827. The van der Waals surface area contributed by atoms with Crippen LogP contribution in [-0.4, -0.2) is 29.7 Å². The van der Waals surface area contributed by atoms with E-state index in [0.717, 1.165) is 21.7 Å². The lowest BCUT2D eigenvalue weighted by Crippen LogP contribution is -2.14. The first-order valence-corrected chi connectivity index (χ1v) is 9.67. The zero-order valence-corrected chi connectivity index (χ0v) is 14.1. The summed E-state index contributed by atoms with van der Waals surface area (Å²) in [6.45, 7) is 3.84. The Morgan fingerprint density at radius 2 is 2.19 bits per heavy atom. The van der Waals surface area contributed by atoms with Crippen molar-refractivity contribution in [3.63, 3.8) is 0 Å². The molecular formula is C13H16ClN3O2S2. The molecule has 1 saturated heterocycles. The Morgan fingerprint density at radius 1 is 1.48 bits per heavy atom. The second-order valence-corrected chi connectivity index (χ2v) is 8.91. The maximum absolute atomic E-state index is 11.6. The predicted molar refractivity (Wildman–Crippen MR) is 86.7 cm³/mol. The lowest BCUT2D eigenvalue weighted by atomic mass is 10.2. The highest BCUT2D eigenvalue weighted by Gasteiger charge is 2.32. The normalized spacial score (nSPS) is 21.0. The van der Waals surface area contributed by atoms with Crippen LogP contribution in [-0.2, 0) is 9.84 Å². The van der Waals surface area contributed by atoms with Crippen molar-refractivity contribution in [1.82, 2.24) is 9.78 Å². The molecular weight excluding hydrogens is 330 g/mol. The van der Waals surface area contributed by atoms with Crippen molar-refractivity contribution in [2.45, 2.75) is 26.3 Å². The van der Waals surface area contributed by atoms with Crippen molar-refractivity contribution in [1.29, 1.82) is 0 Å². The van der Waals surface area contributed by atoms with Gasteiger partial charge in [0.05, 0.1) is 27.4 Å². The molecule has 0 radical (unpaired) electrons. The molecule has 21 heavy (non-hydrogen) atoms. The summed E-state index contributed by atoms with van der Waals surface area (Å²) in [6.07, 6.45) is 0.560. The van der Waals surface area contributed by atoms with E-state index in [-0.39, 0.29) is 17.5 Å². The summed E-state index contributed by atoms with van der Waals surface area (Å²) in [5, 5.41) is 7.22. The van der Waals surface area contributed by atoms with Gasteiger partial charge in [0.1, 0.15) is 11.5 Å². The first-order valence-electron chi connectivity index (χ1n) is 6.59. The number of nitrogens with zero attached hydrogens (tertiary/aromatic N) is 2. The number of halogens is 1. The lowest BCUT2D eigenvalue weighted by molar-refractivity contribution is 0.508. The number of hydrogen-bond donors (Lipinski definition) is 1. The highest BCUT2D eigenvalue weighted by Crippen LogP contribution is 2.40. The number of nitrogens with two attached hydrogens (primary N) is 1. The van der Waals surface area contributed by atoms with Gasteiger partial charge in [-0.1, -0.05) is 11.6 Å². The molecule has 2 aromatic heterocycles. The number of hydrogen-bond acceptors (Lipinski definition) is 5. The molecule has 1 atom stereocenters. The number of aryl methyl sites for hydroxylation is 1. The van der Waals surface area contributed by atoms with Gasteiger partial charge in [0.2, 0.25) is 0 Å². The van der Waals surface area contributed by atoms with Crippen LogP contribution >= 0.6 is 22.9 Å².